The van der Waals surface area contributed by atoms with Gasteiger partial charge in [-0.1, -0.05) is 18.8 Å². The van der Waals surface area contributed by atoms with Gasteiger partial charge in [0, 0.05) is 12.1 Å². The molecule has 0 aliphatic heterocycles. The lowest BCUT2D eigenvalue weighted by Crippen LogP contribution is -2.29. The Morgan fingerprint density at radius 3 is 2.71 bits per heavy atom. The molecule has 1 atom stereocenters. The molecule has 4 nitrogen and oxygen atoms in total. The topological polar surface area (TPSA) is 72.2 Å². The maximum atomic E-state index is 12.2. The van der Waals surface area contributed by atoms with Gasteiger partial charge in [0.25, 0.3) is 0 Å². The molecule has 0 spiro atoms. The fourth-order valence-electron chi connectivity index (χ4n) is 1.77. The van der Waals surface area contributed by atoms with E-state index in [1.165, 1.54) is 0 Å². The molecular weight excluding hydrogens is 304 g/mol. The second-order valence-electron chi connectivity index (χ2n) is 4.90. The maximum Gasteiger partial charge on any atom is 0.240 e. The van der Waals surface area contributed by atoms with Crippen LogP contribution in [0.1, 0.15) is 18.1 Å². The predicted octanol–water partition coefficient (Wildman–Crippen LogP) is 1.58. The van der Waals surface area contributed by atoms with Crippen LogP contribution in [0.4, 0.5) is 0 Å². The predicted molar refractivity (Wildman–Crippen MR) is 89.8 cm³/mol. The highest BCUT2D eigenvalue weighted by Crippen LogP contribution is 2.15. The van der Waals surface area contributed by atoms with Crippen LogP contribution in [0.2, 0.25) is 0 Å². The molecule has 0 saturated carbocycles. The highest BCUT2D eigenvalue weighted by molar-refractivity contribution is 7.98. The first-order valence-electron chi connectivity index (χ1n) is 6.69. The number of aryl methyl sites for hydroxylation is 1. The number of thioether (sulfide) groups is 1. The number of sulfonamides is 1. The van der Waals surface area contributed by atoms with Crippen molar-refractivity contribution in [1.29, 1.82) is 0 Å². The van der Waals surface area contributed by atoms with Crippen molar-refractivity contribution in [2.45, 2.75) is 18.7 Å². The second kappa shape index (κ2) is 8.44. The number of benzene rings is 1. The molecule has 0 heterocycles. The van der Waals surface area contributed by atoms with E-state index in [4.69, 9.17) is 5.73 Å². The summed E-state index contributed by atoms with van der Waals surface area (Å²) < 4.78 is 27.1. The molecule has 6 heteroatoms. The molecule has 0 fully saturated rings. The van der Waals surface area contributed by atoms with Crippen LogP contribution < -0.4 is 10.5 Å². The summed E-state index contributed by atoms with van der Waals surface area (Å²) in [5.41, 5.74) is 6.97. The molecular formula is C15H22N2O2S2. The van der Waals surface area contributed by atoms with Crippen LogP contribution in [0.3, 0.4) is 0 Å². The van der Waals surface area contributed by atoms with E-state index in [1.807, 2.05) is 20.1 Å². The Hall–Kier alpha value is -1.00. The van der Waals surface area contributed by atoms with Crippen molar-refractivity contribution in [2.75, 3.05) is 25.1 Å². The summed E-state index contributed by atoms with van der Waals surface area (Å²) in [7, 11) is -3.47. The Kier molecular flexibility index (Phi) is 7.26. The van der Waals surface area contributed by atoms with Gasteiger partial charge in [-0.2, -0.15) is 11.8 Å². The third-order valence-corrected chi connectivity index (χ3v) is 5.23. The molecule has 3 N–H and O–H groups in total. The van der Waals surface area contributed by atoms with E-state index in [0.717, 1.165) is 16.9 Å². The van der Waals surface area contributed by atoms with Crippen molar-refractivity contribution in [3.63, 3.8) is 0 Å². The largest absolute Gasteiger partial charge is 0.320 e. The molecule has 0 aliphatic rings. The molecule has 21 heavy (non-hydrogen) atoms. The SMILES string of the molecule is CSCC(C)CNS(=O)(=O)c1ccc(C#CCN)c(C)c1. The van der Waals surface area contributed by atoms with Crippen LogP contribution in [0, 0.1) is 24.7 Å². The van der Waals surface area contributed by atoms with Gasteiger partial charge in [0.2, 0.25) is 10.0 Å². The highest BCUT2D eigenvalue weighted by atomic mass is 32.2. The van der Waals surface area contributed by atoms with Crippen LogP contribution in [0.25, 0.3) is 0 Å². The summed E-state index contributed by atoms with van der Waals surface area (Å²) in [6.45, 7) is 4.59. The summed E-state index contributed by atoms with van der Waals surface area (Å²) >= 11 is 1.71. The van der Waals surface area contributed by atoms with Gasteiger partial charge in [0.1, 0.15) is 0 Å². The lowest BCUT2D eigenvalue weighted by Gasteiger charge is -2.12. The molecule has 1 rings (SSSR count). The zero-order chi connectivity index (χ0) is 15.9. The molecule has 1 aromatic carbocycles. The van der Waals surface area contributed by atoms with E-state index in [0.29, 0.717) is 12.5 Å². The van der Waals surface area contributed by atoms with Crippen molar-refractivity contribution in [2.24, 2.45) is 11.7 Å². The third kappa shape index (κ3) is 5.71. The monoisotopic (exact) mass is 326 g/mol. The average Bonchev–Trinajstić information content (AvgIpc) is 2.44. The van der Waals surface area contributed by atoms with Gasteiger partial charge >= 0.3 is 0 Å². The lowest BCUT2D eigenvalue weighted by atomic mass is 10.1. The van der Waals surface area contributed by atoms with E-state index in [-0.39, 0.29) is 11.4 Å². The van der Waals surface area contributed by atoms with Gasteiger partial charge in [-0.3, -0.25) is 0 Å². The van der Waals surface area contributed by atoms with Crippen molar-refractivity contribution in [1.82, 2.24) is 4.72 Å². The fraction of sp³-hybridized carbons (Fsp3) is 0.467. The minimum Gasteiger partial charge on any atom is -0.320 e. The molecule has 116 valence electrons. The second-order valence-corrected chi connectivity index (χ2v) is 7.57. The molecule has 0 aliphatic carbocycles. The summed E-state index contributed by atoms with van der Waals surface area (Å²) in [5.74, 6) is 6.92. The van der Waals surface area contributed by atoms with Gasteiger partial charge in [0.15, 0.2) is 0 Å². The van der Waals surface area contributed by atoms with Crippen molar-refractivity contribution in [3.8, 4) is 11.8 Å². The van der Waals surface area contributed by atoms with Crippen LogP contribution >= 0.6 is 11.8 Å². The van der Waals surface area contributed by atoms with Gasteiger partial charge in [-0.15, -0.1) is 0 Å². The summed E-state index contributed by atoms with van der Waals surface area (Å²) in [6.07, 6.45) is 2.01. The van der Waals surface area contributed by atoms with Crippen molar-refractivity contribution >= 4 is 21.8 Å². The quantitative estimate of drug-likeness (QED) is 0.779. The summed E-state index contributed by atoms with van der Waals surface area (Å²) in [4.78, 5) is 0.273. The Balaban J connectivity index is 2.87. The van der Waals surface area contributed by atoms with Crippen molar-refractivity contribution in [3.05, 3.63) is 29.3 Å². The number of rotatable bonds is 6. The van der Waals surface area contributed by atoms with E-state index in [1.54, 1.807) is 30.0 Å². The Morgan fingerprint density at radius 1 is 1.43 bits per heavy atom. The Labute approximate surface area is 131 Å². The zero-order valence-corrected chi connectivity index (χ0v) is 14.3. The standard InChI is InChI=1S/C15H22N2O2S2/c1-12(11-20-3)10-17-21(18,19)15-7-6-14(5-4-8-16)13(2)9-15/h6-7,9,12,17H,8,10-11,16H2,1-3H3. The first kappa shape index (κ1) is 18.1. The van der Waals surface area contributed by atoms with Gasteiger partial charge < -0.3 is 5.73 Å². The number of hydrogen-bond donors (Lipinski definition) is 2. The zero-order valence-electron chi connectivity index (χ0n) is 12.6. The van der Waals surface area contributed by atoms with Crippen molar-refractivity contribution < 1.29 is 8.42 Å². The lowest BCUT2D eigenvalue weighted by molar-refractivity contribution is 0.562. The minimum atomic E-state index is -3.47. The number of hydrogen-bond acceptors (Lipinski definition) is 4. The molecule has 0 radical (unpaired) electrons. The average molecular weight is 326 g/mol. The van der Waals surface area contributed by atoms with E-state index in [2.05, 4.69) is 16.6 Å². The maximum absolute atomic E-state index is 12.2. The molecule has 1 unspecified atom stereocenters. The Bertz CT molecular complexity index is 631. The molecule has 0 aromatic heterocycles. The third-order valence-electron chi connectivity index (χ3n) is 2.91. The number of nitrogens with two attached hydrogens (primary N) is 1. The van der Waals surface area contributed by atoms with Crippen LogP contribution in [-0.2, 0) is 10.0 Å². The molecule has 1 aromatic rings. The first-order chi connectivity index (χ1) is 9.90. The van der Waals surface area contributed by atoms with E-state index < -0.39 is 10.0 Å². The van der Waals surface area contributed by atoms with Gasteiger partial charge in [-0.05, 0) is 48.6 Å². The molecule has 0 amide bonds. The van der Waals surface area contributed by atoms with E-state index >= 15 is 0 Å². The van der Waals surface area contributed by atoms with Crippen LogP contribution in [0.15, 0.2) is 23.1 Å². The minimum absolute atomic E-state index is 0.273. The van der Waals surface area contributed by atoms with Crippen LogP contribution in [-0.4, -0.2) is 33.5 Å². The highest BCUT2D eigenvalue weighted by Gasteiger charge is 2.15. The van der Waals surface area contributed by atoms with Gasteiger partial charge in [0.05, 0.1) is 11.4 Å². The van der Waals surface area contributed by atoms with Gasteiger partial charge in [-0.25, -0.2) is 13.1 Å². The molecule has 0 bridgehead atoms. The van der Waals surface area contributed by atoms with Crippen LogP contribution in [0.5, 0.6) is 0 Å². The Morgan fingerprint density at radius 2 is 2.14 bits per heavy atom. The summed E-state index contributed by atoms with van der Waals surface area (Å²) in [6, 6.07) is 4.94. The first-order valence-corrected chi connectivity index (χ1v) is 9.56. The fourth-order valence-corrected chi connectivity index (χ4v) is 3.71. The molecule has 0 saturated heterocycles. The van der Waals surface area contributed by atoms with E-state index in [9.17, 15) is 8.42 Å². The smallest absolute Gasteiger partial charge is 0.240 e. The number of nitrogens with one attached hydrogen (secondary N) is 1. The normalized spacial score (nSPS) is 12.6. The summed E-state index contributed by atoms with van der Waals surface area (Å²) in [5, 5.41) is 0.